The molecule has 1 rings (SSSR count). The minimum absolute atomic E-state index is 0.138. The Labute approximate surface area is 88.0 Å². The number of nitrogens with zero attached hydrogens (tertiary/aromatic N) is 2. The first-order chi connectivity index (χ1) is 7.51. The van der Waals surface area contributed by atoms with Crippen LogP contribution in [0.4, 0.5) is 14.5 Å². The standard InChI is InChI=1S/C8H6F2N2O4/c1-16-8-4(3-13)6(12(14)15)2-5(11-8)7(9)10/h2-3,7H,1H3. The number of alkyl halides is 2. The molecule has 0 aliphatic carbocycles. The number of hydrogen-bond acceptors (Lipinski definition) is 5. The van der Waals surface area contributed by atoms with Gasteiger partial charge in [0.25, 0.3) is 12.1 Å². The molecule has 1 aromatic heterocycles. The molecule has 0 aromatic carbocycles. The van der Waals surface area contributed by atoms with Crippen LogP contribution in [0.1, 0.15) is 22.5 Å². The molecule has 0 aliphatic heterocycles. The van der Waals surface area contributed by atoms with Crippen LogP contribution in [-0.4, -0.2) is 23.3 Å². The quantitative estimate of drug-likeness (QED) is 0.448. The zero-order valence-corrected chi connectivity index (χ0v) is 8.02. The third-order valence-electron chi connectivity index (χ3n) is 1.75. The van der Waals surface area contributed by atoms with Gasteiger partial charge in [-0.1, -0.05) is 0 Å². The number of ether oxygens (including phenoxy) is 1. The monoisotopic (exact) mass is 232 g/mol. The van der Waals surface area contributed by atoms with Crippen molar-refractivity contribution in [2.24, 2.45) is 0 Å². The number of carbonyl (C=O) groups is 1. The summed E-state index contributed by atoms with van der Waals surface area (Å²) in [7, 11) is 1.08. The average molecular weight is 232 g/mol. The molecule has 86 valence electrons. The van der Waals surface area contributed by atoms with Gasteiger partial charge in [0.15, 0.2) is 11.8 Å². The molecule has 0 saturated carbocycles. The van der Waals surface area contributed by atoms with Gasteiger partial charge in [-0.25, -0.2) is 13.8 Å². The highest BCUT2D eigenvalue weighted by molar-refractivity contribution is 5.84. The number of pyridine rings is 1. The van der Waals surface area contributed by atoms with Crippen LogP contribution < -0.4 is 4.74 Å². The summed E-state index contributed by atoms with van der Waals surface area (Å²) in [6.45, 7) is 0. The smallest absolute Gasteiger partial charge is 0.287 e. The maximum atomic E-state index is 12.3. The summed E-state index contributed by atoms with van der Waals surface area (Å²) in [6, 6.07) is 0.552. The van der Waals surface area contributed by atoms with Crippen molar-refractivity contribution in [2.75, 3.05) is 7.11 Å². The van der Waals surface area contributed by atoms with Gasteiger partial charge < -0.3 is 4.74 Å². The van der Waals surface area contributed by atoms with E-state index in [2.05, 4.69) is 9.72 Å². The van der Waals surface area contributed by atoms with E-state index in [1.807, 2.05) is 0 Å². The van der Waals surface area contributed by atoms with Crippen molar-refractivity contribution >= 4 is 12.0 Å². The van der Waals surface area contributed by atoms with Crippen LogP contribution in [0.25, 0.3) is 0 Å². The Kier molecular flexibility index (Phi) is 3.44. The van der Waals surface area contributed by atoms with Crippen LogP contribution in [-0.2, 0) is 0 Å². The topological polar surface area (TPSA) is 82.3 Å². The minimum Gasteiger partial charge on any atom is -0.480 e. The SMILES string of the molecule is COc1nc(C(F)F)cc([N+](=O)[O-])c1C=O. The summed E-state index contributed by atoms with van der Waals surface area (Å²) in [5.74, 6) is -0.487. The van der Waals surface area contributed by atoms with Crippen molar-refractivity contribution in [1.29, 1.82) is 0 Å². The first kappa shape index (κ1) is 12.0. The number of halogens is 2. The lowest BCUT2D eigenvalue weighted by molar-refractivity contribution is -0.385. The number of hydrogen-bond donors (Lipinski definition) is 0. The van der Waals surface area contributed by atoms with E-state index in [1.165, 1.54) is 0 Å². The highest BCUT2D eigenvalue weighted by Gasteiger charge is 2.24. The Morgan fingerprint density at radius 2 is 2.25 bits per heavy atom. The molecule has 0 spiro atoms. The van der Waals surface area contributed by atoms with Crippen molar-refractivity contribution in [3.8, 4) is 5.88 Å². The third kappa shape index (κ3) is 2.10. The van der Waals surface area contributed by atoms with Crippen LogP contribution in [0, 0.1) is 10.1 Å². The molecule has 6 nitrogen and oxygen atoms in total. The van der Waals surface area contributed by atoms with Gasteiger partial charge in [-0.05, 0) is 0 Å². The number of aldehydes is 1. The average Bonchev–Trinajstić information content (AvgIpc) is 2.26. The normalized spacial score (nSPS) is 10.2. The molecular weight excluding hydrogens is 226 g/mol. The molecule has 0 radical (unpaired) electrons. The molecule has 0 amide bonds. The predicted octanol–water partition coefficient (Wildman–Crippen LogP) is 1.75. The molecule has 0 saturated heterocycles. The predicted molar refractivity (Wildman–Crippen MR) is 47.8 cm³/mol. The van der Waals surface area contributed by atoms with Gasteiger partial charge in [-0.2, -0.15) is 0 Å². The summed E-state index contributed by atoms with van der Waals surface area (Å²) in [6.07, 6.45) is -2.84. The van der Waals surface area contributed by atoms with E-state index < -0.39 is 34.2 Å². The van der Waals surface area contributed by atoms with Crippen LogP contribution in [0.5, 0.6) is 5.88 Å². The summed E-state index contributed by atoms with van der Waals surface area (Å²) >= 11 is 0. The minimum atomic E-state index is -2.98. The second-order valence-corrected chi connectivity index (χ2v) is 2.66. The van der Waals surface area contributed by atoms with E-state index in [9.17, 15) is 23.7 Å². The lowest BCUT2D eigenvalue weighted by Gasteiger charge is -2.05. The van der Waals surface area contributed by atoms with Crippen LogP contribution in [0.2, 0.25) is 0 Å². The Morgan fingerprint density at radius 1 is 1.62 bits per heavy atom. The van der Waals surface area contributed by atoms with Gasteiger partial charge in [0.2, 0.25) is 5.88 Å². The van der Waals surface area contributed by atoms with Crippen molar-refractivity contribution in [3.63, 3.8) is 0 Å². The summed E-state index contributed by atoms with van der Waals surface area (Å²) in [5, 5.41) is 10.5. The Bertz CT molecular complexity index is 436. The van der Waals surface area contributed by atoms with Crippen LogP contribution in [0.15, 0.2) is 6.07 Å². The molecule has 0 aliphatic rings. The Morgan fingerprint density at radius 3 is 2.62 bits per heavy atom. The Hall–Kier alpha value is -2.12. The number of nitro groups is 1. The third-order valence-corrected chi connectivity index (χ3v) is 1.75. The molecule has 1 heterocycles. The maximum absolute atomic E-state index is 12.3. The second-order valence-electron chi connectivity index (χ2n) is 2.66. The van der Waals surface area contributed by atoms with Gasteiger partial charge in [0, 0.05) is 6.07 Å². The van der Waals surface area contributed by atoms with Crippen molar-refractivity contribution in [3.05, 3.63) is 27.4 Å². The molecular formula is C8H6F2N2O4. The van der Waals surface area contributed by atoms with Gasteiger partial charge >= 0.3 is 0 Å². The van der Waals surface area contributed by atoms with Crippen molar-refractivity contribution < 1.29 is 23.2 Å². The van der Waals surface area contributed by atoms with Crippen molar-refractivity contribution in [1.82, 2.24) is 4.98 Å². The van der Waals surface area contributed by atoms with Crippen LogP contribution >= 0.6 is 0 Å². The fraction of sp³-hybridized carbons (Fsp3) is 0.250. The largest absolute Gasteiger partial charge is 0.480 e. The second kappa shape index (κ2) is 4.60. The van der Waals surface area contributed by atoms with E-state index in [4.69, 9.17) is 0 Å². The molecule has 8 heteroatoms. The van der Waals surface area contributed by atoms with Crippen molar-refractivity contribution in [2.45, 2.75) is 6.43 Å². The first-order valence-corrected chi connectivity index (χ1v) is 3.98. The molecule has 0 bridgehead atoms. The number of carbonyl (C=O) groups excluding carboxylic acids is 1. The molecule has 0 unspecified atom stereocenters. The molecule has 0 N–H and O–H groups in total. The van der Waals surface area contributed by atoms with Gasteiger partial charge in [0.05, 0.1) is 12.0 Å². The van der Waals surface area contributed by atoms with E-state index >= 15 is 0 Å². The lowest BCUT2D eigenvalue weighted by atomic mass is 10.2. The lowest BCUT2D eigenvalue weighted by Crippen LogP contribution is -2.03. The van der Waals surface area contributed by atoms with E-state index in [0.29, 0.717) is 6.07 Å². The zero-order chi connectivity index (χ0) is 12.3. The highest BCUT2D eigenvalue weighted by atomic mass is 19.3. The number of methoxy groups -OCH3 is 1. The van der Waals surface area contributed by atoms with Gasteiger partial charge in [-0.3, -0.25) is 14.9 Å². The van der Waals surface area contributed by atoms with E-state index in [1.54, 1.807) is 0 Å². The molecule has 16 heavy (non-hydrogen) atoms. The van der Waals surface area contributed by atoms with Crippen LogP contribution in [0.3, 0.4) is 0 Å². The number of aromatic nitrogens is 1. The molecule has 0 atom stereocenters. The fourth-order valence-corrected chi connectivity index (χ4v) is 1.07. The summed E-state index contributed by atoms with van der Waals surface area (Å²) in [4.78, 5) is 23.5. The fourth-order valence-electron chi connectivity index (χ4n) is 1.07. The highest BCUT2D eigenvalue weighted by Crippen LogP contribution is 2.29. The number of rotatable bonds is 4. The van der Waals surface area contributed by atoms with Gasteiger partial charge in [0.1, 0.15) is 5.69 Å². The molecule has 0 fully saturated rings. The molecule has 1 aromatic rings. The summed E-state index contributed by atoms with van der Waals surface area (Å²) in [5.41, 5.74) is -2.02. The van der Waals surface area contributed by atoms with Gasteiger partial charge in [-0.15, -0.1) is 0 Å². The summed E-state index contributed by atoms with van der Waals surface area (Å²) < 4.78 is 29.2. The van der Waals surface area contributed by atoms with E-state index in [0.717, 1.165) is 7.11 Å². The first-order valence-electron chi connectivity index (χ1n) is 3.98. The van der Waals surface area contributed by atoms with E-state index in [-0.39, 0.29) is 6.29 Å². The Balaban J connectivity index is 3.49. The zero-order valence-electron chi connectivity index (χ0n) is 8.02. The maximum Gasteiger partial charge on any atom is 0.287 e.